The first-order chi connectivity index (χ1) is 7.00. The van der Waals surface area contributed by atoms with Crippen LogP contribution in [0.3, 0.4) is 0 Å². The van der Waals surface area contributed by atoms with Crippen molar-refractivity contribution in [2.45, 2.75) is 6.43 Å². The zero-order valence-electron chi connectivity index (χ0n) is 7.64. The van der Waals surface area contributed by atoms with Crippen molar-refractivity contribution in [2.75, 3.05) is 11.9 Å². The largest absolute Gasteiger partial charge is 0.389 e. The first-order valence-electron chi connectivity index (χ1n) is 4.12. The van der Waals surface area contributed by atoms with Crippen molar-refractivity contribution in [3.63, 3.8) is 0 Å². The second kappa shape index (κ2) is 4.97. The molecule has 0 spiro atoms. The lowest BCUT2D eigenvalue weighted by Gasteiger charge is -2.07. The van der Waals surface area contributed by atoms with Gasteiger partial charge in [-0.15, -0.1) is 0 Å². The molecule has 0 heterocycles. The van der Waals surface area contributed by atoms with E-state index in [1.807, 2.05) is 0 Å². The molecule has 2 nitrogen and oxygen atoms in total. The second-order valence-electron chi connectivity index (χ2n) is 2.83. The van der Waals surface area contributed by atoms with Crippen molar-refractivity contribution in [3.8, 4) is 0 Å². The van der Waals surface area contributed by atoms with Crippen LogP contribution in [-0.2, 0) is 0 Å². The van der Waals surface area contributed by atoms with Crippen LogP contribution < -0.4 is 11.1 Å². The Labute approximate surface area is 90.3 Å². The molecule has 1 rings (SSSR count). The van der Waals surface area contributed by atoms with E-state index in [-0.39, 0.29) is 16.2 Å². The zero-order chi connectivity index (χ0) is 11.4. The minimum atomic E-state index is -2.48. The Morgan fingerprint density at radius 1 is 1.47 bits per heavy atom. The van der Waals surface area contributed by atoms with Gasteiger partial charge in [0.1, 0.15) is 10.8 Å². The molecule has 15 heavy (non-hydrogen) atoms. The van der Waals surface area contributed by atoms with Gasteiger partial charge >= 0.3 is 0 Å². The molecule has 0 bridgehead atoms. The van der Waals surface area contributed by atoms with E-state index in [1.165, 1.54) is 12.1 Å². The van der Waals surface area contributed by atoms with E-state index in [9.17, 15) is 13.2 Å². The summed E-state index contributed by atoms with van der Waals surface area (Å²) >= 11 is 4.60. The van der Waals surface area contributed by atoms with Crippen molar-refractivity contribution >= 4 is 22.9 Å². The highest BCUT2D eigenvalue weighted by Gasteiger charge is 2.07. The highest BCUT2D eigenvalue weighted by molar-refractivity contribution is 7.80. The Morgan fingerprint density at radius 3 is 2.60 bits per heavy atom. The summed E-state index contributed by atoms with van der Waals surface area (Å²) in [7, 11) is 0. The molecule has 0 atom stereocenters. The van der Waals surface area contributed by atoms with Crippen LogP contribution in [-0.4, -0.2) is 18.0 Å². The molecule has 0 fully saturated rings. The molecule has 0 aliphatic carbocycles. The molecular weight excluding hydrogens is 225 g/mol. The minimum absolute atomic E-state index is 0.0621. The monoisotopic (exact) mass is 234 g/mol. The summed E-state index contributed by atoms with van der Waals surface area (Å²) in [6.45, 7) is -0.522. The molecule has 1 aromatic carbocycles. The number of hydrogen-bond acceptors (Lipinski definition) is 2. The molecule has 0 saturated carbocycles. The average molecular weight is 234 g/mol. The number of benzene rings is 1. The number of rotatable bonds is 4. The summed E-state index contributed by atoms with van der Waals surface area (Å²) in [4.78, 5) is -0.0621. The van der Waals surface area contributed by atoms with Gasteiger partial charge in [-0.1, -0.05) is 12.2 Å². The van der Waals surface area contributed by atoms with Crippen molar-refractivity contribution in [2.24, 2.45) is 5.73 Å². The predicted molar refractivity (Wildman–Crippen MR) is 56.8 cm³/mol. The summed E-state index contributed by atoms with van der Waals surface area (Å²) in [6, 6.07) is 3.88. The molecule has 0 saturated heterocycles. The van der Waals surface area contributed by atoms with Crippen LogP contribution in [0.15, 0.2) is 18.2 Å². The first kappa shape index (κ1) is 11.8. The van der Waals surface area contributed by atoms with Crippen LogP contribution in [0.4, 0.5) is 18.9 Å². The van der Waals surface area contributed by atoms with Gasteiger partial charge in [-0.05, 0) is 18.2 Å². The number of halogens is 3. The van der Waals surface area contributed by atoms with Gasteiger partial charge in [0.15, 0.2) is 0 Å². The third-order valence-electron chi connectivity index (χ3n) is 1.70. The highest BCUT2D eigenvalue weighted by atomic mass is 32.1. The Bertz CT molecular complexity index is 368. The molecule has 0 aromatic heterocycles. The molecule has 6 heteroatoms. The lowest BCUT2D eigenvalue weighted by atomic mass is 10.2. The maximum absolute atomic E-state index is 13.2. The van der Waals surface area contributed by atoms with Crippen LogP contribution in [0.25, 0.3) is 0 Å². The third-order valence-corrected chi connectivity index (χ3v) is 1.91. The van der Waals surface area contributed by atoms with E-state index in [1.54, 1.807) is 0 Å². The highest BCUT2D eigenvalue weighted by Crippen LogP contribution is 2.14. The summed E-state index contributed by atoms with van der Waals surface area (Å²) in [5.41, 5.74) is 5.61. The molecule has 0 aliphatic heterocycles. The van der Waals surface area contributed by atoms with Gasteiger partial charge in [-0.2, -0.15) is 0 Å². The third kappa shape index (κ3) is 3.39. The minimum Gasteiger partial charge on any atom is -0.389 e. The molecule has 3 N–H and O–H groups in total. The summed E-state index contributed by atoms with van der Waals surface area (Å²) in [6.07, 6.45) is -2.48. The van der Waals surface area contributed by atoms with E-state index in [0.29, 0.717) is 0 Å². The predicted octanol–water partition coefficient (Wildman–Crippen LogP) is 2.14. The van der Waals surface area contributed by atoms with Gasteiger partial charge in [0, 0.05) is 11.3 Å². The molecule has 0 unspecified atom stereocenters. The normalized spacial score (nSPS) is 10.4. The van der Waals surface area contributed by atoms with Crippen molar-refractivity contribution < 1.29 is 13.2 Å². The van der Waals surface area contributed by atoms with Crippen molar-refractivity contribution in [1.29, 1.82) is 0 Å². The van der Waals surface area contributed by atoms with E-state index in [0.717, 1.165) is 6.07 Å². The van der Waals surface area contributed by atoms with Gasteiger partial charge in [-0.3, -0.25) is 0 Å². The van der Waals surface area contributed by atoms with Crippen LogP contribution in [0.2, 0.25) is 0 Å². The van der Waals surface area contributed by atoms with Crippen LogP contribution >= 0.6 is 12.2 Å². The topological polar surface area (TPSA) is 38.0 Å². The van der Waals surface area contributed by atoms with E-state index in [2.05, 4.69) is 17.5 Å². The van der Waals surface area contributed by atoms with Crippen molar-refractivity contribution in [3.05, 3.63) is 29.6 Å². The number of nitrogens with one attached hydrogen (secondary N) is 1. The number of thiocarbonyl (C=S) groups is 1. The fourth-order valence-electron chi connectivity index (χ4n) is 1.02. The summed E-state index contributed by atoms with van der Waals surface area (Å²) < 4.78 is 36.9. The lowest BCUT2D eigenvalue weighted by Crippen LogP contribution is -2.13. The lowest BCUT2D eigenvalue weighted by molar-refractivity contribution is 0.163. The fraction of sp³-hybridized carbons (Fsp3) is 0.222. The molecule has 1 aromatic rings. The molecule has 0 amide bonds. The van der Waals surface area contributed by atoms with Gasteiger partial charge in [0.05, 0.1) is 6.54 Å². The molecule has 0 aliphatic rings. The van der Waals surface area contributed by atoms with Crippen LogP contribution in [0, 0.1) is 5.82 Å². The standard InChI is InChI=1S/C9H9F3N2S/c10-7-3-5(14-4-8(11)12)1-2-6(7)9(13)15/h1-3,8,14H,4H2,(H2,13,15). The zero-order valence-corrected chi connectivity index (χ0v) is 8.45. The number of hydrogen-bond donors (Lipinski definition) is 2. The Kier molecular flexibility index (Phi) is 3.90. The van der Waals surface area contributed by atoms with Crippen LogP contribution in [0.5, 0.6) is 0 Å². The number of nitrogens with two attached hydrogens (primary N) is 1. The Hall–Kier alpha value is -1.30. The van der Waals surface area contributed by atoms with Gasteiger partial charge < -0.3 is 11.1 Å². The van der Waals surface area contributed by atoms with Gasteiger partial charge in [0.25, 0.3) is 6.43 Å². The molecule has 0 radical (unpaired) electrons. The van der Waals surface area contributed by atoms with Crippen LogP contribution in [0.1, 0.15) is 5.56 Å². The summed E-state index contributed by atoms with van der Waals surface area (Å²) in [5, 5.41) is 2.38. The smallest absolute Gasteiger partial charge is 0.255 e. The average Bonchev–Trinajstić information content (AvgIpc) is 2.14. The van der Waals surface area contributed by atoms with E-state index >= 15 is 0 Å². The SMILES string of the molecule is NC(=S)c1ccc(NCC(F)F)cc1F. The molecular formula is C9H9F3N2S. The molecule has 82 valence electrons. The quantitative estimate of drug-likeness (QED) is 0.784. The van der Waals surface area contributed by atoms with E-state index < -0.39 is 18.8 Å². The maximum atomic E-state index is 13.2. The fourth-order valence-corrected chi connectivity index (χ4v) is 1.19. The number of anilines is 1. The Morgan fingerprint density at radius 2 is 2.13 bits per heavy atom. The number of alkyl halides is 2. The van der Waals surface area contributed by atoms with Gasteiger partial charge in [-0.25, -0.2) is 13.2 Å². The summed E-state index contributed by atoms with van der Waals surface area (Å²) in [5.74, 6) is -0.623. The van der Waals surface area contributed by atoms with Gasteiger partial charge in [0.2, 0.25) is 0 Å². The second-order valence-corrected chi connectivity index (χ2v) is 3.27. The maximum Gasteiger partial charge on any atom is 0.255 e. The first-order valence-corrected chi connectivity index (χ1v) is 4.53. The van der Waals surface area contributed by atoms with E-state index in [4.69, 9.17) is 5.73 Å². The van der Waals surface area contributed by atoms with Crippen molar-refractivity contribution in [1.82, 2.24) is 0 Å². The Balaban J connectivity index is 2.78.